The summed E-state index contributed by atoms with van der Waals surface area (Å²) in [6.07, 6.45) is 0. The van der Waals surface area contributed by atoms with E-state index >= 15 is 0 Å². The Bertz CT molecular complexity index is 1150. The smallest absolute Gasteiger partial charge is 0.221 e. The summed E-state index contributed by atoms with van der Waals surface area (Å²) >= 11 is 1.51. The van der Waals surface area contributed by atoms with E-state index in [2.05, 4.69) is 15.4 Å². The maximum atomic E-state index is 11.3. The molecule has 3 N–H and O–H groups in total. The van der Waals surface area contributed by atoms with Gasteiger partial charge in [0.25, 0.3) is 0 Å². The third-order valence-corrected chi connectivity index (χ3v) is 4.92. The van der Waals surface area contributed by atoms with E-state index in [9.17, 15) is 4.79 Å². The molecule has 1 amide bonds. The number of nitrogens with zero attached hydrogens (tertiary/aromatic N) is 3. The van der Waals surface area contributed by atoms with Crippen molar-refractivity contribution in [2.45, 2.75) is 6.92 Å². The van der Waals surface area contributed by atoms with Crippen molar-refractivity contribution in [3.8, 4) is 27.6 Å². The maximum absolute atomic E-state index is 11.3. The van der Waals surface area contributed by atoms with E-state index < -0.39 is 0 Å². The SMILES string of the molecule is COc1csc(-c2nc3cc(-c4cccc(NC(C)=O)c4)cc(N)n3n2)c1. The van der Waals surface area contributed by atoms with Crippen LogP contribution in [0.5, 0.6) is 5.75 Å². The molecule has 1 aromatic carbocycles. The Morgan fingerprint density at radius 1 is 1.22 bits per heavy atom. The number of pyridine rings is 1. The molecule has 0 aliphatic heterocycles. The minimum Gasteiger partial charge on any atom is -0.496 e. The number of carbonyl (C=O) groups is 1. The molecule has 7 nitrogen and oxygen atoms in total. The van der Waals surface area contributed by atoms with Crippen molar-refractivity contribution in [1.29, 1.82) is 0 Å². The number of nitrogens with one attached hydrogen (secondary N) is 1. The quantitative estimate of drug-likeness (QED) is 0.564. The molecule has 0 unspecified atom stereocenters. The molecule has 0 radical (unpaired) electrons. The Morgan fingerprint density at radius 3 is 2.81 bits per heavy atom. The van der Waals surface area contributed by atoms with Crippen molar-refractivity contribution in [1.82, 2.24) is 14.6 Å². The summed E-state index contributed by atoms with van der Waals surface area (Å²) in [7, 11) is 1.63. The highest BCUT2D eigenvalue weighted by molar-refractivity contribution is 7.13. The fourth-order valence-corrected chi connectivity index (χ4v) is 3.59. The fourth-order valence-electron chi connectivity index (χ4n) is 2.80. The Hall–Kier alpha value is -3.39. The second kappa shape index (κ2) is 6.73. The number of carbonyl (C=O) groups excluding carboxylic acids is 1. The van der Waals surface area contributed by atoms with Crippen LogP contribution in [-0.4, -0.2) is 27.6 Å². The van der Waals surface area contributed by atoms with Crippen molar-refractivity contribution in [2.24, 2.45) is 0 Å². The zero-order chi connectivity index (χ0) is 19.0. The number of thiophene rings is 1. The highest BCUT2D eigenvalue weighted by atomic mass is 32.1. The lowest BCUT2D eigenvalue weighted by Gasteiger charge is -2.07. The number of aromatic nitrogens is 3. The minimum absolute atomic E-state index is 0.115. The van der Waals surface area contributed by atoms with E-state index in [-0.39, 0.29) is 5.91 Å². The minimum atomic E-state index is -0.115. The Morgan fingerprint density at radius 2 is 2.07 bits per heavy atom. The number of benzene rings is 1. The normalized spacial score (nSPS) is 10.9. The van der Waals surface area contributed by atoms with Gasteiger partial charge in [0.15, 0.2) is 11.5 Å². The standard InChI is InChI=1S/C19H17N5O2S/c1-11(25)21-14-5-3-4-12(6-14)13-7-17(20)24-18(8-13)22-19(23-24)16-9-15(26-2)10-27-16/h3-10H,20H2,1-2H3,(H,21,25). The Labute approximate surface area is 159 Å². The summed E-state index contributed by atoms with van der Waals surface area (Å²) in [5.74, 6) is 1.74. The van der Waals surface area contributed by atoms with Gasteiger partial charge in [-0.05, 0) is 35.4 Å². The molecule has 3 aromatic heterocycles. The molecular formula is C19H17N5O2S. The molecule has 4 rings (SSSR count). The largest absolute Gasteiger partial charge is 0.496 e. The number of nitrogen functional groups attached to an aromatic ring is 1. The fraction of sp³-hybridized carbons (Fsp3) is 0.105. The van der Waals surface area contributed by atoms with Crippen LogP contribution in [0.1, 0.15) is 6.92 Å². The molecule has 8 heteroatoms. The molecule has 0 saturated heterocycles. The molecule has 0 aliphatic carbocycles. The average molecular weight is 379 g/mol. The number of methoxy groups -OCH3 is 1. The molecule has 0 saturated carbocycles. The summed E-state index contributed by atoms with van der Waals surface area (Å²) < 4.78 is 6.84. The van der Waals surface area contributed by atoms with Gasteiger partial charge >= 0.3 is 0 Å². The lowest BCUT2D eigenvalue weighted by Crippen LogP contribution is -2.05. The van der Waals surface area contributed by atoms with E-state index in [0.29, 0.717) is 17.3 Å². The van der Waals surface area contributed by atoms with E-state index in [0.717, 1.165) is 27.4 Å². The van der Waals surface area contributed by atoms with Crippen LogP contribution in [-0.2, 0) is 4.79 Å². The van der Waals surface area contributed by atoms with Gasteiger partial charge in [-0.2, -0.15) is 4.52 Å². The van der Waals surface area contributed by atoms with Gasteiger partial charge in [0, 0.05) is 24.1 Å². The third-order valence-electron chi connectivity index (χ3n) is 4.01. The van der Waals surface area contributed by atoms with Gasteiger partial charge in [-0.1, -0.05) is 12.1 Å². The van der Waals surface area contributed by atoms with Crippen LogP contribution in [0.4, 0.5) is 11.5 Å². The zero-order valence-corrected chi connectivity index (χ0v) is 15.6. The maximum Gasteiger partial charge on any atom is 0.221 e. The third kappa shape index (κ3) is 3.34. The predicted molar refractivity (Wildman–Crippen MR) is 107 cm³/mol. The van der Waals surface area contributed by atoms with Gasteiger partial charge in [-0.25, -0.2) is 4.98 Å². The lowest BCUT2D eigenvalue weighted by atomic mass is 10.1. The summed E-state index contributed by atoms with van der Waals surface area (Å²) in [4.78, 5) is 16.8. The van der Waals surface area contributed by atoms with E-state index in [1.807, 2.05) is 47.8 Å². The predicted octanol–water partition coefficient (Wildman–Crippen LogP) is 3.67. The zero-order valence-electron chi connectivity index (χ0n) is 14.8. The molecule has 27 heavy (non-hydrogen) atoms. The van der Waals surface area contributed by atoms with Gasteiger partial charge < -0.3 is 15.8 Å². The van der Waals surface area contributed by atoms with E-state index in [1.165, 1.54) is 18.3 Å². The second-order valence-corrected chi connectivity index (χ2v) is 6.90. The molecular weight excluding hydrogens is 362 g/mol. The molecule has 0 atom stereocenters. The molecule has 136 valence electrons. The van der Waals surface area contributed by atoms with Gasteiger partial charge in [0.1, 0.15) is 11.6 Å². The van der Waals surface area contributed by atoms with Crippen LogP contribution in [0.25, 0.3) is 27.5 Å². The number of nitrogens with two attached hydrogens (primary N) is 1. The topological polar surface area (TPSA) is 94.5 Å². The number of rotatable bonds is 4. The van der Waals surface area contributed by atoms with Crippen LogP contribution in [0.15, 0.2) is 47.8 Å². The summed E-state index contributed by atoms with van der Waals surface area (Å²) in [5, 5.41) is 9.19. The van der Waals surface area contributed by atoms with Crippen molar-refractivity contribution in [3.63, 3.8) is 0 Å². The summed E-state index contributed by atoms with van der Waals surface area (Å²) in [6, 6.07) is 13.2. The first-order chi connectivity index (χ1) is 13.0. The number of hydrogen-bond donors (Lipinski definition) is 2. The first-order valence-corrected chi connectivity index (χ1v) is 9.08. The second-order valence-electron chi connectivity index (χ2n) is 5.99. The van der Waals surface area contributed by atoms with Crippen molar-refractivity contribution < 1.29 is 9.53 Å². The number of anilines is 2. The Kier molecular flexibility index (Phi) is 4.25. The first kappa shape index (κ1) is 17.0. The van der Waals surface area contributed by atoms with Crippen molar-refractivity contribution in [3.05, 3.63) is 47.8 Å². The Balaban J connectivity index is 1.76. The summed E-state index contributed by atoms with van der Waals surface area (Å²) in [5.41, 5.74) is 9.41. The number of hydrogen-bond acceptors (Lipinski definition) is 6. The molecule has 0 bridgehead atoms. The van der Waals surface area contributed by atoms with E-state index in [4.69, 9.17) is 10.5 Å². The number of amides is 1. The lowest BCUT2D eigenvalue weighted by molar-refractivity contribution is -0.114. The van der Waals surface area contributed by atoms with Gasteiger partial charge in [0.2, 0.25) is 5.91 Å². The molecule has 0 spiro atoms. The van der Waals surface area contributed by atoms with Crippen LogP contribution in [0, 0.1) is 0 Å². The van der Waals surface area contributed by atoms with Crippen LogP contribution in [0.3, 0.4) is 0 Å². The van der Waals surface area contributed by atoms with E-state index in [1.54, 1.807) is 11.6 Å². The molecule has 3 heterocycles. The van der Waals surface area contributed by atoms with Gasteiger partial charge in [0.05, 0.1) is 12.0 Å². The molecule has 0 fully saturated rings. The van der Waals surface area contributed by atoms with Crippen molar-refractivity contribution in [2.75, 3.05) is 18.2 Å². The number of fused-ring (bicyclic) bond motifs is 1. The van der Waals surface area contributed by atoms with Crippen molar-refractivity contribution >= 4 is 34.4 Å². The summed E-state index contributed by atoms with van der Waals surface area (Å²) in [6.45, 7) is 1.48. The monoisotopic (exact) mass is 379 g/mol. The highest BCUT2D eigenvalue weighted by Crippen LogP contribution is 2.31. The van der Waals surface area contributed by atoms with Gasteiger partial charge in [-0.15, -0.1) is 16.4 Å². The van der Waals surface area contributed by atoms with Gasteiger partial charge in [-0.3, -0.25) is 4.79 Å². The van der Waals surface area contributed by atoms with Crippen LogP contribution < -0.4 is 15.8 Å². The van der Waals surface area contributed by atoms with Crippen LogP contribution in [0.2, 0.25) is 0 Å². The van der Waals surface area contributed by atoms with Crippen LogP contribution >= 0.6 is 11.3 Å². The average Bonchev–Trinajstić information content (AvgIpc) is 3.28. The molecule has 4 aromatic rings. The molecule has 0 aliphatic rings. The number of ether oxygens (including phenoxy) is 1. The highest BCUT2D eigenvalue weighted by Gasteiger charge is 2.13. The first-order valence-electron chi connectivity index (χ1n) is 8.21.